The Bertz CT molecular complexity index is 291. The molecule has 0 saturated carbocycles. The lowest BCUT2D eigenvalue weighted by atomic mass is 10.1. The lowest BCUT2D eigenvalue weighted by Crippen LogP contribution is -2.44. The minimum absolute atomic E-state index is 1.14. The maximum absolute atomic E-state index is 3.38. The molecular formula is C12H21N3. The zero-order chi connectivity index (χ0) is 10.7. The molecule has 1 aromatic rings. The van der Waals surface area contributed by atoms with E-state index in [0.717, 1.165) is 13.1 Å². The van der Waals surface area contributed by atoms with E-state index in [4.69, 9.17) is 0 Å². The molecule has 1 aliphatic rings. The summed E-state index contributed by atoms with van der Waals surface area (Å²) in [5, 5.41) is 3.38. The van der Waals surface area contributed by atoms with Crippen LogP contribution in [0.15, 0.2) is 6.20 Å². The third-order valence-corrected chi connectivity index (χ3v) is 3.32. The highest BCUT2D eigenvalue weighted by Crippen LogP contribution is 2.13. The molecule has 2 N–H and O–H groups in total. The molecule has 3 heteroatoms. The average molecular weight is 207 g/mol. The molecule has 15 heavy (non-hydrogen) atoms. The van der Waals surface area contributed by atoms with Gasteiger partial charge in [-0.1, -0.05) is 0 Å². The van der Waals surface area contributed by atoms with E-state index in [-0.39, 0.29) is 0 Å². The topological polar surface area (TPSA) is 31.1 Å². The van der Waals surface area contributed by atoms with Crippen molar-refractivity contribution in [2.75, 3.05) is 32.7 Å². The highest BCUT2D eigenvalue weighted by Gasteiger charge is 2.11. The van der Waals surface area contributed by atoms with Crippen LogP contribution in [0.25, 0.3) is 0 Å². The van der Waals surface area contributed by atoms with Gasteiger partial charge in [-0.15, -0.1) is 0 Å². The number of hydrogen-bond donors (Lipinski definition) is 2. The quantitative estimate of drug-likeness (QED) is 0.777. The van der Waals surface area contributed by atoms with Gasteiger partial charge in [-0.25, -0.2) is 0 Å². The van der Waals surface area contributed by atoms with Crippen molar-refractivity contribution < 1.29 is 0 Å². The second kappa shape index (κ2) is 4.81. The van der Waals surface area contributed by atoms with Gasteiger partial charge in [0.1, 0.15) is 0 Å². The number of nitrogens with one attached hydrogen (secondary N) is 2. The molecule has 0 aliphatic carbocycles. The van der Waals surface area contributed by atoms with Gasteiger partial charge in [-0.05, 0) is 31.4 Å². The Morgan fingerprint density at radius 2 is 2.00 bits per heavy atom. The first-order valence-electron chi connectivity index (χ1n) is 5.84. The van der Waals surface area contributed by atoms with Crippen molar-refractivity contribution >= 4 is 0 Å². The molecule has 0 amide bonds. The number of H-pyrrole nitrogens is 1. The minimum Gasteiger partial charge on any atom is -0.365 e. The van der Waals surface area contributed by atoms with Gasteiger partial charge < -0.3 is 15.2 Å². The Morgan fingerprint density at radius 1 is 1.27 bits per heavy atom. The third kappa shape index (κ3) is 2.61. The Kier molecular flexibility index (Phi) is 3.44. The molecule has 0 unspecified atom stereocenters. The third-order valence-electron chi connectivity index (χ3n) is 3.32. The molecule has 1 saturated heterocycles. The van der Waals surface area contributed by atoms with E-state index in [9.17, 15) is 0 Å². The van der Waals surface area contributed by atoms with Crippen LogP contribution >= 0.6 is 0 Å². The highest BCUT2D eigenvalue weighted by molar-refractivity contribution is 5.29. The first kappa shape index (κ1) is 10.7. The van der Waals surface area contributed by atoms with Gasteiger partial charge in [0, 0.05) is 44.6 Å². The lowest BCUT2D eigenvalue weighted by molar-refractivity contribution is 0.243. The zero-order valence-corrected chi connectivity index (χ0v) is 9.77. The minimum atomic E-state index is 1.14. The van der Waals surface area contributed by atoms with Crippen LogP contribution in [0.3, 0.4) is 0 Å². The van der Waals surface area contributed by atoms with E-state index in [1.807, 2.05) is 0 Å². The fourth-order valence-corrected chi connectivity index (χ4v) is 2.28. The standard InChI is InChI=1S/C12H21N3/c1-10-9-14-11(2)12(10)3-6-15-7-4-13-5-8-15/h9,13-14H,3-8H2,1-2H3. The molecule has 2 heterocycles. The predicted octanol–water partition coefficient (Wildman–Crippen LogP) is 1.08. The van der Waals surface area contributed by atoms with Gasteiger partial charge in [-0.3, -0.25) is 0 Å². The van der Waals surface area contributed by atoms with Crippen molar-refractivity contribution in [1.82, 2.24) is 15.2 Å². The van der Waals surface area contributed by atoms with Gasteiger partial charge in [-0.2, -0.15) is 0 Å². The molecule has 1 fully saturated rings. The van der Waals surface area contributed by atoms with Crippen LogP contribution in [0.2, 0.25) is 0 Å². The molecule has 0 bridgehead atoms. The molecule has 1 aromatic heterocycles. The van der Waals surface area contributed by atoms with Crippen LogP contribution in [0, 0.1) is 13.8 Å². The zero-order valence-electron chi connectivity index (χ0n) is 9.77. The SMILES string of the molecule is Cc1c[nH]c(C)c1CCN1CCNCC1. The molecule has 3 nitrogen and oxygen atoms in total. The van der Waals surface area contributed by atoms with E-state index in [1.54, 1.807) is 0 Å². The van der Waals surface area contributed by atoms with Gasteiger partial charge >= 0.3 is 0 Å². The number of aromatic amines is 1. The van der Waals surface area contributed by atoms with Crippen molar-refractivity contribution in [2.45, 2.75) is 20.3 Å². The fraction of sp³-hybridized carbons (Fsp3) is 0.667. The fourth-order valence-electron chi connectivity index (χ4n) is 2.28. The molecule has 2 rings (SSSR count). The van der Waals surface area contributed by atoms with E-state index >= 15 is 0 Å². The van der Waals surface area contributed by atoms with Crippen LogP contribution in [0.4, 0.5) is 0 Å². The number of piperazine rings is 1. The van der Waals surface area contributed by atoms with Crippen molar-refractivity contribution in [3.8, 4) is 0 Å². The summed E-state index contributed by atoms with van der Waals surface area (Å²) < 4.78 is 0. The van der Waals surface area contributed by atoms with E-state index in [0.29, 0.717) is 0 Å². The summed E-state index contributed by atoms with van der Waals surface area (Å²) in [5.74, 6) is 0. The van der Waals surface area contributed by atoms with E-state index < -0.39 is 0 Å². The molecule has 0 radical (unpaired) electrons. The Balaban J connectivity index is 1.87. The van der Waals surface area contributed by atoms with Crippen molar-refractivity contribution in [2.24, 2.45) is 0 Å². The number of aryl methyl sites for hydroxylation is 2. The van der Waals surface area contributed by atoms with E-state index in [1.165, 1.54) is 42.9 Å². The van der Waals surface area contributed by atoms with Crippen molar-refractivity contribution in [1.29, 1.82) is 0 Å². The summed E-state index contributed by atoms with van der Waals surface area (Å²) in [6.45, 7) is 10.2. The number of hydrogen-bond acceptors (Lipinski definition) is 2. The summed E-state index contributed by atoms with van der Waals surface area (Å²) in [6, 6.07) is 0. The first-order valence-corrected chi connectivity index (χ1v) is 5.84. The number of rotatable bonds is 3. The molecule has 0 atom stereocenters. The van der Waals surface area contributed by atoms with Gasteiger partial charge in [0.2, 0.25) is 0 Å². The summed E-state index contributed by atoms with van der Waals surface area (Å²) in [4.78, 5) is 5.84. The Labute approximate surface area is 91.9 Å². The van der Waals surface area contributed by atoms with Crippen molar-refractivity contribution in [3.05, 3.63) is 23.0 Å². The number of aromatic nitrogens is 1. The van der Waals surface area contributed by atoms with Crippen LogP contribution in [-0.4, -0.2) is 42.6 Å². The maximum atomic E-state index is 3.38. The number of nitrogens with zero attached hydrogens (tertiary/aromatic N) is 1. The monoisotopic (exact) mass is 207 g/mol. The Hall–Kier alpha value is -0.800. The Morgan fingerprint density at radius 3 is 2.60 bits per heavy atom. The van der Waals surface area contributed by atoms with Crippen LogP contribution < -0.4 is 5.32 Å². The second-order valence-corrected chi connectivity index (χ2v) is 4.42. The van der Waals surface area contributed by atoms with Crippen LogP contribution in [-0.2, 0) is 6.42 Å². The molecule has 1 aliphatic heterocycles. The second-order valence-electron chi connectivity index (χ2n) is 4.42. The smallest absolute Gasteiger partial charge is 0.0151 e. The van der Waals surface area contributed by atoms with Gasteiger partial charge in [0.05, 0.1) is 0 Å². The summed E-state index contributed by atoms with van der Waals surface area (Å²) in [7, 11) is 0. The molecular weight excluding hydrogens is 186 g/mol. The normalized spacial score (nSPS) is 18.3. The summed E-state index contributed by atoms with van der Waals surface area (Å²) >= 11 is 0. The summed E-state index contributed by atoms with van der Waals surface area (Å²) in [6.07, 6.45) is 3.30. The molecule has 0 aromatic carbocycles. The van der Waals surface area contributed by atoms with Gasteiger partial charge in [0.25, 0.3) is 0 Å². The first-order chi connectivity index (χ1) is 7.27. The molecule has 0 spiro atoms. The van der Waals surface area contributed by atoms with E-state index in [2.05, 4.69) is 35.2 Å². The van der Waals surface area contributed by atoms with Crippen LogP contribution in [0.5, 0.6) is 0 Å². The van der Waals surface area contributed by atoms with Crippen molar-refractivity contribution in [3.63, 3.8) is 0 Å². The summed E-state index contributed by atoms with van der Waals surface area (Å²) in [5.41, 5.74) is 4.25. The average Bonchev–Trinajstić information content (AvgIpc) is 2.58. The largest absolute Gasteiger partial charge is 0.365 e. The highest BCUT2D eigenvalue weighted by atomic mass is 15.2. The van der Waals surface area contributed by atoms with Crippen LogP contribution in [0.1, 0.15) is 16.8 Å². The maximum Gasteiger partial charge on any atom is 0.0151 e. The van der Waals surface area contributed by atoms with Gasteiger partial charge in [0.15, 0.2) is 0 Å². The lowest BCUT2D eigenvalue weighted by Gasteiger charge is -2.27. The molecule has 84 valence electrons. The predicted molar refractivity (Wildman–Crippen MR) is 63.3 cm³/mol.